The van der Waals surface area contributed by atoms with Crippen LogP contribution in [0.4, 0.5) is 9.59 Å². The summed E-state index contributed by atoms with van der Waals surface area (Å²) >= 11 is 0. The molecule has 0 bridgehead atoms. The Hall–Kier alpha value is -2.15. The number of nitrogens with one attached hydrogen (secondary N) is 2. The van der Waals surface area contributed by atoms with E-state index < -0.39 is 27.0 Å². The molecule has 0 saturated heterocycles. The van der Waals surface area contributed by atoms with Gasteiger partial charge in [-0.2, -0.15) is 0 Å². The first kappa shape index (κ1) is 31.8. The van der Waals surface area contributed by atoms with Crippen molar-refractivity contribution in [2.75, 3.05) is 54.2 Å². The molecule has 0 aliphatic carbocycles. The van der Waals surface area contributed by atoms with Gasteiger partial charge in [0.25, 0.3) is 0 Å². The van der Waals surface area contributed by atoms with Gasteiger partial charge in [-0.1, -0.05) is 32.3 Å². The Labute approximate surface area is 204 Å². The van der Waals surface area contributed by atoms with Crippen LogP contribution >= 0.6 is 0 Å². The van der Waals surface area contributed by atoms with E-state index in [4.69, 9.17) is 27.5 Å². The van der Waals surface area contributed by atoms with Crippen LogP contribution in [0.15, 0.2) is 12.2 Å². The lowest BCUT2D eigenvalue weighted by atomic mass is 10.1. The van der Waals surface area contributed by atoms with Gasteiger partial charge in [0.1, 0.15) is 6.61 Å². The molecular weight excluding hydrogens is 464 g/mol. The van der Waals surface area contributed by atoms with Crippen molar-refractivity contribution >= 4 is 27.0 Å². The molecule has 0 rings (SSSR count). The molecule has 0 aromatic carbocycles. The number of carbonyl (C=O) groups excluding carboxylic acids is 3. The van der Waals surface area contributed by atoms with Crippen molar-refractivity contribution in [1.82, 2.24) is 10.6 Å². The van der Waals surface area contributed by atoms with Gasteiger partial charge in [0.2, 0.25) is 0 Å². The van der Waals surface area contributed by atoms with Gasteiger partial charge < -0.3 is 38.1 Å². The Morgan fingerprint density at radius 2 is 1.15 bits per heavy atom. The van der Waals surface area contributed by atoms with Crippen LogP contribution in [0.2, 0.25) is 6.04 Å². The van der Waals surface area contributed by atoms with Gasteiger partial charge in [-0.15, -0.1) is 0 Å². The molecule has 0 heterocycles. The Kier molecular flexibility index (Phi) is 19.0. The highest BCUT2D eigenvalue weighted by Crippen LogP contribution is 2.14. The third-order valence-corrected chi connectivity index (χ3v) is 7.65. The van der Waals surface area contributed by atoms with Gasteiger partial charge in [-0.05, 0) is 26.2 Å². The summed E-state index contributed by atoms with van der Waals surface area (Å²) in [5.41, 5.74) is 0.314. The molecule has 0 atom stereocenters. The lowest BCUT2D eigenvalue weighted by Crippen LogP contribution is -2.43. The zero-order chi connectivity index (χ0) is 25.7. The number of hydrogen-bond donors (Lipinski definition) is 2. The molecule has 12 heteroatoms. The van der Waals surface area contributed by atoms with Crippen molar-refractivity contribution < 1.29 is 41.9 Å². The summed E-state index contributed by atoms with van der Waals surface area (Å²) in [6, 6.07) is 0.611. The Bertz CT molecular complexity index is 593. The van der Waals surface area contributed by atoms with E-state index in [1.165, 1.54) is 0 Å². The topological polar surface area (TPSA) is 131 Å². The Balaban J connectivity index is 3.48. The minimum atomic E-state index is -2.60. The monoisotopic (exact) mass is 506 g/mol. The molecule has 2 amide bonds. The lowest BCUT2D eigenvalue weighted by Gasteiger charge is -2.24. The predicted octanol–water partition coefficient (Wildman–Crippen LogP) is 3.17. The van der Waals surface area contributed by atoms with Gasteiger partial charge in [-0.3, -0.25) is 0 Å². The SMILES string of the molecule is C=C(C)C(=O)OCCNC(=O)OCCCCCCCCOC(=O)NCCC[Si](OC)(OC)OC. The standard InChI is InChI=1S/C22H42N2O9Si/c1-19(2)20(25)31-17-14-24-22(27)33-16-11-9-7-6-8-10-15-32-21(26)23-13-12-18-34(28-3,29-4)30-5/h1,6-18H2,2-5H3,(H,23,26)(H,24,27). The van der Waals surface area contributed by atoms with Gasteiger partial charge >= 0.3 is 27.0 Å². The van der Waals surface area contributed by atoms with Crippen molar-refractivity contribution in [3.63, 3.8) is 0 Å². The van der Waals surface area contributed by atoms with Crippen molar-refractivity contribution in [3.05, 3.63) is 12.2 Å². The predicted molar refractivity (Wildman–Crippen MR) is 128 cm³/mol. The first-order valence-electron chi connectivity index (χ1n) is 11.6. The minimum Gasteiger partial charge on any atom is -0.460 e. The van der Waals surface area contributed by atoms with Crippen molar-refractivity contribution in [1.29, 1.82) is 0 Å². The molecule has 0 aliphatic heterocycles. The average molecular weight is 507 g/mol. The molecular formula is C22H42N2O9Si. The molecule has 34 heavy (non-hydrogen) atoms. The first-order chi connectivity index (χ1) is 16.3. The van der Waals surface area contributed by atoms with Crippen LogP contribution in [0.5, 0.6) is 0 Å². The molecule has 0 aromatic heterocycles. The van der Waals surface area contributed by atoms with E-state index in [0.29, 0.717) is 37.8 Å². The molecule has 2 N–H and O–H groups in total. The second-order valence-corrected chi connectivity index (χ2v) is 10.7. The van der Waals surface area contributed by atoms with E-state index in [0.717, 1.165) is 38.5 Å². The number of rotatable bonds is 20. The largest absolute Gasteiger partial charge is 0.500 e. The maximum atomic E-state index is 11.7. The fraction of sp³-hybridized carbons (Fsp3) is 0.773. The minimum absolute atomic E-state index is 0.0748. The van der Waals surface area contributed by atoms with Crippen LogP contribution in [-0.4, -0.2) is 81.2 Å². The number of esters is 1. The van der Waals surface area contributed by atoms with Crippen LogP contribution in [0.25, 0.3) is 0 Å². The summed E-state index contributed by atoms with van der Waals surface area (Å²) < 4.78 is 31.1. The van der Waals surface area contributed by atoms with E-state index in [2.05, 4.69) is 17.2 Å². The number of alkyl carbamates (subject to hydrolysis) is 2. The van der Waals surface area contributed by atoms with Crippen LogP contribution in [-0.2, 0) is 32.3 Å². The maximum absolute atomic E-state index is 11.7. The number of ether oxygens (including phenoxy) is 3. The molecule has 0 radical (unpaired) electrons. The normalized spacial score (nSPS) is 10.9. The van der Waals surface area contributed by atoms with E-state index >= 15 is 0 Å². The van der Waals surface area contributed by atoms with Gasteiger partial charge in [0.05, 0.1) is 19.8 Å². The van der Waals surface area contributed by atoms with Crippen molar-refractivity contribution in [2.45, 2.75) is 57.9 Å². The summed E-state index contributed by atoms with van der Waals surface area (Å²) in [6.45, 7) is 6.47. The number of hydrogen-bond acceptors (Lipinski definition) is 9. The molecule has 0 fully saturated rings. The number of amides is 2. The second-order valence-electron chi connectivity index (χ2n) is 7.56. The van der Waals surface area contributed by atoms with E-state index in [1.54, 1.807) is 28.3 Å². The summed E-state index contributed by atoms with van der Waals surface area (Å²) in [6.07, 6.45) is 5.23. The van der Waals surface area contributed by atoms with Gasteiger partial charge in [-0.25, -0.2) is 14.4 Å². The van der Waals surface area contributed by atoms with Gasteiger partial charge in [0.15, 0.2) is 0 Å². The van der Waals surface area contributed by atoms with E-state index in [9.17, 15) is 14.4 Å². The van der Waals surface area contributed by atoms with Crippen LogP contribution < -0.4 is 10.6 Å². The van der Waals surface area contributed by atoms with Crippen LogP contribution in [0.1, 0.15) is 51.9 Å². The maximum Gasteiger partial charge on any atom is 0.500 e. The smallest absolute Gasteiger partial charge is 0.460 e. The molecule has 0 saturated carbocycles. The fourth-order valence-electron chi connectivity index (χ4n) is 2.81. The van der Waals surface area contributed by atoms with Crippen molar-refractivity contribution in [2.24, 2.45) is 0 Å². The van der Waals surface area contributed by atoms with Crippen molar-refractivity contribution in [3.8, 4) is 0 Å². The average Bonchev–Trinajstić information content (AvgIpc) is 2.83. The fourth-order valence-corrected chi connectivity index (χ4v) is 4.54. The summed E-state index contributed by atoms with van der Waals surface area (Å²) in [4.78, 5) is 34.4. The van der Waals surface area contributed by atoms with Crippen LogP contribution in [0, 0.1) is 0 Å². The Morgan fingerprint density at radius 3 is 1.62 bits per heavy atom. The molecule has 0 aromatic rings. The summed E-state index contributed by atoms with van der Waals surface area (Å²) in [5.74, 6) is -0.484. The first-order valence-corrected chi connectivity index (χ1v) is 13.5. The molecule has 0 aliphatic rings. The Morgan fingerprint density at radius 1 is 0.676 bits per heavy atom. The molecule has 11 nitrogen and oxygen atoms in total. The highest BCUT2D eigenvalue weighted by Gasteiger charge is 2.36. The highest BCUT2D eigenvalue weighted by molar-refractivity contribution is 6.60. The highest BCUT2D eigenvalue weighted by atomic mass is 28.4. The lowest BCUT2D eigenvalue weighted by molar-refractivity contribution is -0.138. The molecule has 0 unspecified atom stereocenters. The third-order valence-electron chi connectivity index (χ3n) is 4.82. The summed E-state index contributed by atoms with van der Waals surface area (Å²) in [7, 11) is 2.08. The number of unbranched alkanes of at least 4 members (excludes halogenated alkanes) is 5. The zero-order valence-corrected chi connectivity index (χ0v) is 22.1. The summed E-state index contributed by atoms with van der Waals surface area (Å²) in [5, 5.41) is 5.22. The quantitative estimate of drug-likeness (QED) is 0.0840. The zero-order valence-electron chi connectivity index (χ0n) is 21.1. The number of carbonyl (C=O) groups is 3. The van der Waals surface area contributed by atoms with E-state index in [1.807, 2.05) is 0 Å². The van der Waals surface area contributed by atoms with Crippen LogP contribution in [0.3, 0.4) is 0 Å². The second kappa shape index (κ2) is 20.2. The third kappa shape index (κ3) is 16.5. The van der Waals surface area contributed by atoms with Gasteiger partial charge in [0, 0.05) is 39.5 Å². The molecule has 0 spiro atoms. The van der Waals surface area contributed by atoms with E-state index in [-0.39, 0.29) is 13.2 Å². The molecule has 198 valence electrons.